The van der Waals surface area contributed by atoms with Crippen LogP contribution in [-0.2, 0) is 17.8 Å². The van der Waals surface area contributed by atoms with E-state index in [1.165, 1.54) is 12.8 Å². The molecule has 5 heteroatoms. The third kappa shape index (κ3) is 3.83. The van der Waals surface area contributed by atoms with Crippen LogP contribution in [-0.4, -0.2) is 28.7 Å². The predicted octanol–water partition coefficient (Wildman–Crippen LogP) is 2.76. The second kappa shape index (κ2) is 7.23. The maximum absolute atomic E-state index is 12.2. The van der Waals surface area contributed by atoms with Gasteiger partial charge in [0.25, 0.3) is 0 Å². The number of aryl methyl sites for hydroxylation is 2. The maximum atomic E-state index is 12.2. The molecule has 1 aliphatic rings. The Kier molecular flexibility index (Phi) is 5.61. The van der Waals surface area contributed by atoms with Gasteiger partial charge in [-0.15, -0.1) is 0 Å². The SMILES string of the molecule is CCn1nc(C)c(Cl)c1CC(=O)CCC1CCNCC1. The van der Waals surface area contributed by atoms with E-state index in [0.717, 1.165) is 37.4 Å². The van der Waals surface area contributed by atoms with E-state index in [-0.39, 0.29) is 5.78 Å². The summed E-state index contributed by atoms with van der Waals surface area (Å²) in [5.41, 5.74) is 1.69. The zero-order valence-corrected chi connectivity index (χ0v) is 13.2. The van der Waals surface area contributed by atoms with Crippen LogP contribution >= 0.6 is 11.6 Å². The molecule has 1 N–H and O–H groups in total. The van der Waals surface area contributed by atoms with Crippen molar-refractivity contribution in [3.63, 3.8) is 0 Å². The number of carbonyl (C=O) groups is 1. The molecule has 1 fully saturated rings. The van der Waals surface area contributed by atoms with E-state index in [2.05, 4.69) is 10.4 Å². The third-order valence-electron chi connectivity index (χ3n) is 4.11. The van der Waals surface area contributed by atoms with E-state index in [4.69, 9.17) is 11.6 Å². The van der Waals surface area contributed by atoms with E-state index < -0.39 is 0 Å². The third-order valence-corrected chi connectivity index (χ3v) is 4.60. The first-order valence-corrected chi connectivity index (χ1v) is 7.93. The van der Waals surface area contributed by atoms with Crippen molar-refractivity contribution in [3.8, 4) is 0 Å². The van der Waals surface area contributed by atoms with Gasteiger partial charge in [0, 0.05) is 19.4 Å². The largest absolute Gasteiger partial charge is 0.317 e. The van der Waals surface area contributed by atoms with Gasteiger partial charge < -0.3 is 5.32 Å². The van der Waals surface area contributed by atoms with Gasteiger partial charge in [-0.2, -0.15) is 5.10 Å². The van der Waals surface area contributed by atoms with E-state index in [1.54, 1.807) is 0 Å². The minimum atomic E-state index is 0.278. The van der Waals surface area contributed by atoms with Crippen LogP contribution in [0.1, 0.15) is 44.0 Å². The summed E-state index contributed by atoms with van der Waals surface area (Å²) in [6, 6.07) is 0. The van der Waals surface area contributed by atoms with E-state index in [1.807, 2.05) is 18.5 Å². The van der Waals surface area contributed by atoms with Crippen molar-refractivity contribution in [2.75, 3.05) is 13.1 Å². The molecule has 0 bridgehead atoms. The molecule has 20 heavy (non-hydrogen) atoms. The number of hydrogen-bond donors (Lipinski definition) is 1. The summed E-state index contributed by atoms with van der Waals surface area (Å²) >= 11 is 6.24. The number of halogens is 1. The van der Waals surface area contributed by atoms with Crippen molar-refractivity contribution < 1.29 is 4.79 Å². The highest BCUT2D eigenvalue weighted by molar-refractivity contribution is 6.32. The summed E-state index contributed by atoms with van der Waals surface area (Å²) in [6.07, 6.45) is 4.48. The van der Waals surface area contributed by atoms with Crippen LogP contribution in [0.3, 0.4) is 0 Å². The van der Waals surface area contributed by atoms with Gasteiger partial charge in [-0.05, 0) is 52.1 Å². The zero-order valence-electron chi connectivity index (χ0n) is 12.4. The average molecular weight is 298 g/mol. The van der Waals surface area contributed by atoms with Gasteiger partial charge in [0.2, 0.25) is 0 Å². The van der Waals surface area contributed by atoms with Crippen LogP contribution < -0.4 is 5.32 Å². The smallest absolute Gasteiger partial charge is 0.138 e. The molecule has 4 nitrogen and oxygen atoms in total. The van der Waals surface area contributed by atoms with Crippen LogP contribution in [0.5, 0.6) is 0 Å². The Bertz CT molecular complexity index is 464. The topological polar surface area (TPSA) is 46.9 Å². The Balaban J connectivity index is 1.87. The minimum Gasteiger partial charge on any atom is -0.317 e. The van der Waals surface area contributed by atoms with Crippen LogP contribution in [0.15, 0.2) is 0 Å². The summed E-state index contributed by atoms with van der Waals surface area (Å²) in [4.78, 5) is 12.2. The molecule has 1 saturated heterocycles. The van der Waals surface area contributed by atoms with Crippen molar-refractivity contribution in [1.29, 1.82) is 0 Å². The number of nitrogens with zero attached hydrogens (tertiary/aromatic N) is 2. The molecule has 1 aromatic rings. The number of aromatic nitrogens is 2. The first-order chi connectivity index (χ1) is 9.61. The Morgan fingerprint density at radius 2 is 2.15 bits per heavy atom. The molecule has 2 heterocycles. The van der Waals surface area contributed by atoms with Gasteiger partial charge in [-0.1, -0.05) is 11.6 Å². The lowest BCUT2D eigenvalue weighted by atomic mass is 9.92. The van der Waals surface area contributed by atoms with Gasteiger partial charge in [0.15, 0.2) is 0 Å². The van der Waals surface area contributed by atoms with Crippen molar-refractivity contribution in [2.45, 2.75) is 52.5 Å². The fraction of sp³-hybridized carbons (Fsp3) is 0.733. The van der Waals surface area contributed by atoms with Gasteiger partial charge in [0.05, 0.1) is 16.4 Å². The second-order valence-electron chi connectivity index (χ2n) is 5.61. The quantitative estimate of drug-likeness (QED) is 0.878. The van der Waals surface area contributed by atoms with Gasteiger partial charge in [-0.25, -0.2) is 0 Å². The number of piperidine rings is 1. The standard InChI is InChI=1S/C15H24ClN3O/c1-3-19-14(15(16)11(2)18-19)10-13(20)5-4-12-6-8-17-9-7-12/h12,17H,3-10H2,1-2H3. The van der Waals surface area contributed by atoms with Crippen molar-refractivity contribution in [1.82, 2.24) is 15.1 Å². The zero-order chi connectivity index (χ0) is 14.5. The van der Waals surface area contributed by atoms with Crippen molar-refractivity contribution >= 4 is 17.4 Å². The van der Waals surface area contributed by atoms with Crippen LogP contribution in [0, 0.1) is 12.8 Å². The number of carbonyl (C=O) groups excluding carboxylic acids is 1. The molecule has 112 valence electrons. The normalized spacial score (nSPS) is 16.6. The molecule has 0 amide bonds. The first-order valence-electron chi connectivity index (χ1n) is 7.56. The van der Waals surface area contributed by atoms with Crippen LogP contribution in [0.4, 0.5) is 0 Å². The summed E-state index contributed by atoms with van der Waals surface area (Å²) < 4.78 is 1.85. The number of ketones is 1. The lowest BCUT2D eigenvalue weighted by Crippen LogP contribution is -2.28. The monoisotopic (exact) mass is 297 g/mol. The molecule has 2 rings (SSSR count). The minimum absolute atomic E-state index is 0.278. The Morgan fingerprint density at radius 3 is 2.80 bits per heavy atom. The van der Waals surface area contributed by atoms with Gasteiger partial charge in [-0.3, -0.25) is 9.48 Å². The number of Topliss-reactive ketones (excluding diaryl/α,β-unsaturated/α-hetero) is 1. The number of hydrogen-bond acceptors (Lipinski definition) is 3. The molecule has 1 aliphatic heterocycles. The summed E-state index contributed by atoms with van der Waals surface area (Å²) in [6.45, 7) is 6.84. The van der Waals surface area contributed by atoms with E-state index >= 15 is 0 Å². The molecule has 1 aromatic heterocycles. The maximum Gasteiger partial charge on any atom is 0.138 e. The van der Waals surface area contributed by atoms with Crippen LogP contribution in [0.2, 0.25) is 5.02 Å². The Morgan fingerprint density at radius 1 is 1.45 bits per heavy atom. The Labute approximate surface area is 125 Å². The highest BCUT2D eigenvalue weighted by Gasteiger charge is 2.18. The molecule has 0 atom stereocenters. The Hall–Kier alpha value is -0.870. The first kappa shape index (κ1) is 15.5. The molecule has 0 unspecified atom stereocenters. The van der Waals surface area contributed by atoms with Gasteiger partial charge >= 0.3 is 0 Å². The fourth-order valence-electron chi connectivity index (χ4n) is 2.85. The molecular weight excluding hydrogens is 274 g/mol. The summed E-state index contributed by atoms with van der Waals surface area (Å²) in [5.74, 6) is 0.980. The lowest BCUT2D eigenvalue weighted by molar-refractivity contribution is -0.118. The van der Waals surface area contributed by atoms with Crippen molar-refractivity contribution in [2.24, 2.45) is 5.92 Å². The average Bonchev–Trinajstić information content (AvgIpc) is 2.74. The molecule has 0 aliphatic carbocycles. The summed E-state index contributed by atoms with van der Waals surface area (Å²) in [5, 5.41) is 8.36. The van der Waals surface area contributed by atoms with Crippen LogP contribution in [0.25, 0.3) is 0 Å². The van der Waals surface area contributed by atoms with Gasteiger partial charge in [0.1, 0.15) is 5.78 Å². The predicted molar refractivity (Wildman–Crippen MR) is 81.2 cm³/mol. The molecule has 0 spiro atoms. The highest BCUT2D eigenvalue weighted by Crippen LogP contribution is 2.23. The highest BCUT2D eigenvalue weighted by atomic mass is 35.5. The summed E-state index contributed by atoms with van der Waals surface area (Å²) in [7, 11) is 0. The number of nitrogens with one attached hydrogen (secondary N) is 1. The second-order valence-corrected chi connectivity index (χ2v) is 5.99. The lowest BCUT2D eigenvalue weighted by Gasteiger charge is -2.22. The molecule has 0 aromatic carbocycles. The number of rotatable bonds is 6. The van der Waals surface area contributed by atoms with E-state index in [9.17, 15) is 4.79 Å². The fourth-order valence-corrected chi connectivity index (χ4v) is 3.05. The molecule has 0 saturated carbocycles. The molecule has 0 radical (unpaired) electrons. The van der Waals surface area contributed by atoms with Crippen molar-refractivity contribution in [3.05, 3.63) is 16.4 Å². The molecular formula is C15H24ClN3O. The van der Waals surface area contributed by atoms with E-state index in [0.29, 0.717) is 23.8 Å².